The smallest absolute Gasteiger partial charge is 0.0622 e. The summed E-state index contributed by atoms with van der Waals surface area (Å²) in [7, 11) is 0. The van der Waals surface area contributed by atoms with Crippen molar-refractivity contribution in [3.05, 3.63) is 0 Å². The van der Waals surface area contributed by atoms with Gasteiger partial charge in [0.15, 0.2) is 0 Å². The molecule has 0 aromatic carbocycles. The quantitative estimate of drug-likeness (QED) is 0.739. The van der Waals surface area contributed by atoms with Crippen molar-refractivity contribution in [2.75, 3.05) is 6.54 Å². The van der Waals surface area contributed by atoms with Gasteiger partial charge in [0.25, 0.3) is 0 Å². The van der Waals surface area contributed by atoms with E-state index in [0.29, 0.717) is 23.3 Å². The third kappa shape index (κ3) is 1.76. The molecule has 16 heavy (non-hydrogen) atoms. The standard InChI is InChI=1S/C14H24N2/c1-13(2)11-6-7-14(3,10-11)12(13)16-9-5-4-8-15/h11-12,16H,4-7,9-10H2,1-3H3. The van der Waals surface area contributed by atoms with E-state index < -0.39 is 0 Å². The average Bonchev–Trinajstić information content (AvgIpc) is 2.68. The van der Waals surface area contributed by atoms with Gasteiger partial charge in [0.05, 0.1) is 6.07 Å². The summed E-state index contributed by atoms with van der Waals surface area (Å²) in [6.45, 7) is 8.29. The molecule has 0 amide bonds. The molecular weight excluding hydrogens is 196 g/mol. The molecule has 0 radical (unpaired) electrons. The van der Waals surface area contributed by atoms with Crippen LogP contribution in [0.15, 0.2) is 0 Å². The Hall–Kier alpha value is -0.550. The van der Waals surface area contributed by atoms with Crippen LogP contribution >= 0.6 is 0 Å². The molecule has 0 heterocycles. The number of nitriles is 1. The Morgan fingerprint density at radius 2 is 2.12 bits per heavy atom. The molecule has 0 saturated heterocycles. The number of unbranched alkanes of at least 4 members (excludes halogenated alkanes) is 1. The maximum absolute atomic E-state index is 8.54. The summed E-state index contributed by atoms with van der Waals surface area (Å²) < 4.78 is 0. The molecule has 1 N–H and O–H groups in total. The van der Waals surface area contributed by atoms with Crippen molar-refractivity contribution in [3.63, 3.8) is 0 Å². The number of rotatable bonds is 4. The second-order valence-corrected chi connectivity index (χ2v) is 6.56. The fraction of sp³-hybridized carbons (Fsp3) is 0.929. The number of fused-ring (bicyclic) bond motifs is 2. The van der Waals surface area contributed by atoms with Gasteiger partial charge in [-0.2, -0.15) is 5.26 Å². The number of hydrogen-bond donors (Lipinski definition) is 1. The lowest BCUT2D eigenvalue weighted by Gasteiger charge is -2.43. The average molecular weight is 220 g/mol. The van der Waals surface area contributed by atoms with Crippen LogP contribution in [0.2, 0.25) is 0 Å². The van der Waals surface area contributed by atoms with E-state index in [9.17, 15) is 0 Å². The summed E-state index contributed by atoms with van der Waals surface area (Å²) in [4.78, 5) is 0. The lowest BCUT2D eigenvalue weighted by atomic mass is 9.68. The molecule has 2 nitrogen and oxygen atoms in total. The molecule has 3 unspecified atom stereocenters. The van der Waals surface area contributed by atoms with Gasteiger partial charge in [-0.3, -0.25) is 0 Å². The minimum absolute atomic E-state index is 0.444. The molecule has 0 aromatic rings. The van der Waals surface area contributed by atoms with Gasteiger partial charge in [-0.25, -0.2) is 0 Å². The Morgan fingerprint density at radius 3 is 2.69 bits per heavy atom. The van der Waals surface area contributed by atoms with Gasteiger partial charge >= 0.3 is 0 Å². The van der Waals surface area contributed by atoms with Crippen LogP contribution in [0.1, 0.15) is 52.9 Å². The van der Waals surface area contributed by atoms with Gasteiger partial charge in [-0.15, -0.1) is 0 Å². The van der Waals surface area contributed by atoms with E-state index in [1.807, 2.05) is 0 Å². The van der Waals surface area contributed by atoms with Crippen molar-refractivity contribution < 1.29 is 0 Å². The van der Waals surface area contributed by atoms with Gasteiger partial charge in [-0.05, 0) is 49.0 Å². The maximum atomic E-state index is 8.54. The SMILES string of the molecule is CC12CCC(C1)C(C)(C)C2NCCCC#N. The molecule has 2 heteroatoms. The molecule has 0 aliphatic heterocycles. The third-order valence-corrected chi connectivity index (χ3v) is 5.08. The summed E-state index contributed by atoms with van der Waals surface area (Å²) >= 11 is 0. The number of nitrogens with zero attached hydrogens (tertiary/aromatic N) is 1. The van der Waals surface area contributed by atoms with Crippen LogP contribution in [0.4, 0.5) is 0 Å². The highest BCUT2D eigenvalue weighted by Gasteiger charge is 2.58. The Bertz CT molecular complexity index is 298. The summed E-state index contributed by atoms with van der Waals surface area (Å²) in [6, 6.07) is 2.87. The van der Waals surface area contributed by atoms with E-state index in [1.54, 1.807) is 0 Å². The van der Waals surface area contributed by atoms with Gasteiger partial charge in [-0.1, -0.05) is 20.8 Å². The molecule has 2 saturated carbocycles. The van der Waals surface area contributed by atoms with Crippen molar-refractivity contribution in [2.24, 2.45) is 16.7 Å². The van der Waals surface area contributed by atoms with E-state index in [0.717, 1.165) is 18.9 Å². The zero-order chi connectivity index (χ0) is 11.8. The first-order chi connectivity index (χ1) is 7.50. The summed E-state index contributed by atoms with van der Waals surface area (Å²) in [5.74, 6) is 0.908. The summed E-state index contributed by atoms with van der Waals surface area (Å²) in [5.41, 5.74) is 0.959. The van der Waals surface area contributed by atoms with E-state index in [1.165, 1.54) is 19.3 Å². The first-order valence-corrected chi connectivity index (χ1v) is 6.61. The Kier molecular flexibility index (Phi) is 3.01. The summed E-state index contributed by atoms with van der Waals surface area (Å²) in [6.07, 6.45) is 5.87. The predicted molar refractivity (Wildman–Crippen MR) is 65.9 cm³/mol. The van der Waals surface area contributed by atoms with Crippen molar-refractivity contribution >= 4 is 0 Å². The highest BCUT2D eigenvalue weighted by Crippen LogP contribution is 2.62. The first kappa shape index (κ1) is 11.9. The van der Waals surface area contributed by atoms with E-state index >= 15 is 0 Å². The molecule has 0 aromatic heterocycles. The fourth-order valence-electron chi connectivity index (χ4n) is 4.23. The summed E-state index contributed by atoms with van der Waals surface area (Å²) in [5, 5.41) is 12.3. The molecule has 2 bridgehead atoms. The Balaban J connectivity index is 1.95. The monoisotopic (exact) mass is 220 g/mol. The highest BCUT2D eigenvalue weighted by molar-refractivity contribution is 5.11. The first-order valence-electron chi connectivity index (χ1n) is 6.61. The largest absolute Gasteiger partial charge is 0.313 e. The van der Waals surface area contributed by atoms with Crippen LogP contribution in [0.3, 0.4) is 0 Å². The van der Waals surface area contributed by atoms with Crippen LogP contribution in [-0.2, 0) is 0 Å². The molecule has 2 rings (SSSR count). The van der Waals surface area contributed by atoms with E-state index in [-0.39, 0.29) is 0 Å². The van der Waals surface area contributed by atoms with Gasteiger partial charge in [0, 0.05) is 12.5 Å². The third-order valence-electron chi connectivity index (χ3n) is 5.08. The zero-order valence-corrected chi connectivity index (χ0v) is 10.8. The van der Waals surface area contributed by atoms with Crippen molar-refractivity contribution in [1.29, 1.82) is 5.26 Å². The van der Waals surface area contributed by atoms with Gasteiger partial charge in [0.1, 0.15) is 0 Å². The van der Waals surface area contributed by atoms with Crippen LogP contribution < -0.4 is 5.32 Å². The van der Waals surface area contributed by atoms with E-state index in [2.05, 4.69) is 32.2 Å². The second kappa shape index (κ2) is 4.04. The lowest BCUT2D eigenvalue weighted by molar-refractivity contribution is 0.109. The van der Waals surface area contributed by atoms with Crippen molar-refractivity contribution in [1.82, 2.24) is 5.32 Å². The van der Waals surface area contributed by atoms with E-state index in [4.69, 9.17) is 5.26 Å². The molecule has 2 fully saturated rings. The van der Waals surface area contributed by atoms with Crippen LogP contribution in [0.25, 0.3) is 0 Å². The maximum Gasteiger partial charge on any atom is 0.0622 e. The van der Waals surface area contributed by atoms with Crippen molar-refractivity contribution in [2.45, 2.75) is 58.9 Å². The second-order valence-electron chi connectivity index (χ2n) is 6.56. The molecule has 2 aliphatic carbocycles. The highest BCUT2D eigenvalue weighted by atomic mass is 15.0. The molecule has 0 spiro atoms. The minimum Gasteiger partial charge on any atom is -0.313 e. The topological polar surface area (TPSA) is 35.8 Å². The normalized spacial score (nSPS) is 39.9. The predicted octanol–water partition coefficient (Wildman–Crippen LogP) is 3.09. The zero-order valence-electron chi connectivity index (χ0n) is 10.8. The molecule has 3 atom stereocenters. The minimum atomic E-state index is 0.444. The van der Waals surface area contributed by atoms with Gasteiger partial charge < -0.3 is 5.32 Å². The Morgan fingerprint density at radius 1 is 1.38 bits per heavy atom. The number of nitrogens with one attached hydrogen (secondary N) is 1. The fourth-order valence-corrected chi connectivity index (χ4v) is 4.23. The number of hydrogen-bond acceptors (Lipinski definition) is 2. The molecular formula is C14H24N2. The van der Waals surface area contributed by atoms with Crippen molar-refractivity contribution in [3.8, 4) is 6.07 Å². The van der Waals surface area contributed by atoms with Crippen LogP contribution in [0, 0.1) is 28.1 Å². The van der Waals surface area contributed by atoms with Crippen LogP contribution in [-0.4, -0.2) is 12.6 Å². The van der Waals surface area contributed by atoms with Crippen LogP contribution in [0.5, 0.6) is 0 Å². The van der Waals surface area contributed by atoms with Gasteiger partial charge in [0.2, 0.25) is 0 Å². The Labute approximate surface area is 99.4 Å². The molecule has 2 aliphatic rings. The molecule has 90 valence electrons. The lowest BCUT2D eigenvalue weighted by Crippen LogP contribution is -2.50.